The van der Waals surface area contributed by atoms with Crippen LogP contribution in [0.25, 0.3) is 0 Å². The first-order chi connectivity index (χ1) is 11.3. The summed E-state index contributed by atoms with van der Waals surface area (Å²) in [5.74, 6) is -0.390. The minimum Gasteiger partial charge on any atom is -0.406 e. The van der Waals surface area contributed by atoms with E-state index in [-0.39, 0.29) is 17.7 Å². The third kappa shape index (κ3) is 5.12. The minimum atomic E-state index is -4.72. The number of amides is 1. The van der Waals surface area contributed by atoms with Crippen LogP contribution in [0, 0.1) is 6.92 Å². The molecule has 1 unspecified atom stereocenters. The maximum Gasteiger partial charge on any atom is 0.573 e. The quantitative estimate of drug-likeness (QED) is 0.874. The fourth-order valence-electron chi connectivity index (χ4n) is 3.03. The molecule has 1 fully saturated rings. The SMILES string of the molecule is CCCN1CCCCC1C(=O)Nc1ccc(OC(F)(F)F)cc1C. The van der Waals surface area contributed by atoms with Gasteiger partial charge in [-0.05, 0) is 63.0 Å². The highest BCUT2D eigenvalue weighted by Gasteiger charge is 2.31. The predicted molar refractivity (Wildman–Crippen MR) is 86.0 cm³/mol. The second kappa shape index (κ2) is 7.88. The van der Waals surface area contributed by atoms with Crippen molar-refractivity contribution in [3.05, 3.63) is 23.8 Å². The monoisotopic (exact) mass is 344 g/mol. The lowest BCUT2D eigenvalue weighted by Crippen LogP contribution is -2.47. The Morgan fingerprint density at radius 1 is 1.38 bits per heavy atom. The number of nitrogens with zero attached hydrogens (tertiary/aromatic N) is 1. The van der Waals surface area contributed by atoms with E-state index in [4.69, 9.17) is 0 Å². The highest BCUT2D eigenvalue weighted by molar-refractivity contribution is 5.95. The van der Waals surface area contributed by atoms with Crippen molar-refractivity contribution in [1.82, 2.24) is 4.90 Å². The summed E-state index contributed by atoms with van der Waals surface area (Å²) in [6, 6.07) is 3.75. The number of ether oxygens (including phenoxy) is 1. The third-order valence-corrected chi connectivity index (χ3v) is 4.12. The highest BCUT2D eigenvalue weighted by Crippen LogP contribution is 2.27. The Hall–Kier alpha value is -1.76. The molecule has 1 N–H and O–H groups in total. The maximum atomic E-state index is 12.6. The normalized spacial score (nSPS) is 19.1. The second-order valence-electron chi connectivity index (χ2n) is 6.06. The molecule has 1 saturated heterocycles. The Kier molecular flexibility index (Phi) is 6.10. The van der Waals surface area contributed by atoms with Crippen LogP contribution in [0.2, 0.25) is 0 Å². The fraction of sp³-hybridized carbons (Fsp3) is 0.588. The molecule has 1 aromatic rings. The van der Waals surface area contributed by atoms with Crippen molar-refractivity contribution in [2.75, 3.05) is 18.4 Å². The Morgan fingerprint density at radius 2 is 2.12 bits per heavy atom. The number of carbonyl (C=O) groups is 1. The Balaban J connectivity index is 2.05. The lowest BCUT2D eigenvalue weighted by molar-refractivity contribution is -0.274. The van der Waals surface area contributed by atoms with E-state index in [1.54, 1.807) is 6.92 Å². The van der Waals surface area contributed by atoms with Crippen molar-refractivity contribution >= 4 is 11.6 Å². The zero-order valence-corrected chi connectivity index (χ0v) is 13.9. The summed E-state index contributed by atoms with van der Waals surface area (Å²) < 4.78 is 40.6. The molecule has 1 amide bonds. The maximum absolute atomic E-state index is 12.6. The number of halogens is 3. The molecule has 0 spiro atoms. The average molecular weight is 344 g/mol. The van der Waals surface area contributed by atoms with Gasteiger partial charge in [0.15, 0.2) is 0 Å². The van der Waals surface area contributed by atoms with Gasteiger partial charge in [-0.2, -0.15) is 0 Å². The minimum absolute atomic E-state index is 0.101. The van der Waals surface area contributed by atoms with Gasteiger partial charge >= 0.3 is 6.36 Å². The number of carbonyl (C=O) groups excluding carboxylic acids is 1. The molecule has 0 bridgehead atoms. The zero-order valence-electron chi connectivity index (χ0n) is 13.9. The molecule has 2 rings (SSSR count). The van der Waals surface area contributed by atoms with Gasteiger partial charge in [0.25, 0.3) is 0 Å². The molecule has 134 valence electrons. The molecule has 24 heavy (non-hydrogen) atoms. The number of likely N-dealkylation sites (tertiary alicyclic amines) is 1. The summed E-state index contributed by atoms with van der Waals surface area (Å²) in [6.45, 7) is 5.50. The standard InChI is InChI=1S/C17H23F3N2O2/c1-3-9-22-10-5-4-6-15(22)16(23)21-14-8-7-13(11-12(14)2)24-17(18,19)20/h7-8,11,15H,3-6,9-10H2,1-2H3,(H,21,23). The number of nitrogens with one attached hydrogen (secondary N) is 1. The van der Waals surface area contributed by atoms with Crippen LogP contribution in [-0.4, -0.2) is 36.3 Å². The van der Waals surface area contributed by atoms with Crippen LogP contribution in [0.1, 0.15) is 38.2 Å². The van der Waals surface area contributed by atoms with Gasteiger partial charge in [-0.1, -0.05) is 13.3 Å². The van der Waals surface area contributed by atoms with Crippen LogP contribution in [0.3, 0.4) is 0 Å². The lowest BCUT2D eigenvalue weighted by Gasteiger charge is -2.34. The smallest absolute Gasteiger partial charge is 0.406 e. The molecular weight excluding hydrogens is 321 g/mol. The molecule has 0 saturated carbocycles. The van der Waals surface area contributed by atoms with Crippen molar-refractivity contribution in [2.45, 2.75) is 51.9 Å². The molecular formula is C17H23F3N2O2. The largest absolute Gasteiger partial charge is 0.573 e. The molecule has 1 aromatic carbocycles. The summed E-state index contributed by atoms with van der Waals surface area (Å²) in [6.07, 6.45) is -0.839. The molecule has 1 aliphatic heterocycles. The van der Waals surface area contributed by atoms with Crippen LogP contribution in [-0.2, 0) is 4.79 Å². The van der Waals surface area contributed by atoms with Gasteiger partial charge < -0.3 is 10.1 Å². The number of hydrogen-bond acceptors (Lipinski definition) is 3. The topological polar surface area (TPSA) is 41.6 Å². The Labute approximate surface area is 140 Å². The number of benzene rings is 1. The van der Waals surface area contributed by atoms with Crippen LogP contribution < -0.4 is 10.1 Å². The third-order valence-electron chi connectivity index (χ3n) is 4.12. The van der Waals surface area contributed by atoms with E-state index in [2.05, 4.69) is 21.9 Å². The molecule has 0 aliphatic carbocycles. The zero-order chi connectivity index (χ0) is 17.7. The molecule has 1 atom stereocenters. The first-order valence-corrected chi connectivity index (χ1v) is 8.21. The van der Waals surface area contributed by atoms with Gasteiger partial charge in [-0.15, -0.1) is 13.2 Å². The van der Waals surface area contributed by atoms with Gasteiger partial charge in [0, 0.05) is 5.69 Å². The molecule has 1 heterocycles. The molecule has 0 radical (unpaired) electrons. The van der Waals surface area contributed by atoms with E-state index in [0.717, 1.165) is 38.8 Å². The molecule has 0 aromatic heterocycles. The Bertz CT molecular complexity index is 573. The number of anilines is 1. The van der Waals surface area contributed by atoms with Crippen LogP contribution in [0.15, 0.2) is 18.2 Å². The van der Waals surface area contributed by atoms with Gasteiger partial charge in [0.05, 0.1) is 6.04 Å². The van der Waals surface area contributed by atoms with Crippen LogP contribution >= 0.6 is 0 Å². The summed E-state index contributed by atoms with van der Waals surface area (Å²) in [7, 11) is 0. The van der Waals surface area contributed by atoms with E-state index in [0.29, 0.717) is 11.3 Å². The first-order valence-electron chi connectivity index (χ1n) is 8.21. The van der Waals surface area contributed by atoms with E-state index < -0.39 is 6.36 Å². The number of alkyl halides is 3. The van der Waals surface area contributed by atoms with E-state index in [1.807, 2.05) is 0 Å². The van der Waals surface area contributed by atoms with Crippen molar-refractivity contribution in [1.29, 1.82) is 0 Å². The first kappa shape index (κ1) is 18.6. The fourth-order valence-corrected chi connectivity index (χ4v) is 3.03. The predicted octanol–water partition coefficient (Wildman–Crippen LogP) is 4.10. The Morgan fingerprint density at radius 3 is 2.75 bits per heavy atom. The second-order valence-corrected chi connectivity index (χ2v) is 6.06. The number of piperidine rings is 1. The van der Waals surface area contributed by atoms with Gasteiger partial charge in [-0.25, -0.2) is 0 Å². The van der Waals surface area contributed by atoms with Crippen molar-refractivity contribution in [3.8, 4) is 5.75 Å². The number of rotatable bonds is 5. The summed E-state index contributed by atoms with van der Waals surface area (Å²) in [5.41, 5.74) is 1.04. The summed E-state index contributed by atoms with van der Waals surface area (Å²) >= 11 is 0. The lowest BCUT2D eigenvalue weighted by atomic mass is 10.0. The number of hydrogen-bond donors (Lipinski definition) is 1. The van der Waals surface area contributed by atoms with E-state index in [1.165, 1.54) is 18.2 Å². The van der Waals surface area contributed by atoms with Gasteiger partial charge in [0.2, 0.25) is 5.91 Å². The van der Waals surface area contributed by atoms with Crippen molar-refractivity contribution in [2.24, 2.45) is 0 Å². The molecule has 4 nitrogen and oxygen atoms in total. The average Bonchev–Trinajstić information content (AvgIpc) is 2.49. The summed E-state index contributed by atoms with van der Waals surface area (Å²) in [4.78, 5) is 14.7. The van der Waals surface area contributed by atoms with Gasteiger partial charge in [-0.3, -0.25) is 9.69 Å². The van der Waals surface area contributed by atoms with Crippen LogP contribution in [0.5, 0.6) is 5.75 Å². The molecule has 7 heteroatoms. The van der Waals surface area contributed by atoms with E-state index >= 15 is 0 Å². The summed E-state index contributed by atoms with van der Waals surface area (Å²) in [5, 5.41) is 2.84. The van der Waals surface area contributed by atoms with Crippen LogP contribution in [0.4, 0.5) is 18.9 Å². The highest BCUT2D eigenvalue weighted by atomic mass is 19.4. The van der Waals surface area contributed by atoms with Crippen molar-refractivity contribution < 1.29 is 22.7 Å². The van der Waals surface area contributed by atoms with Gasteiger partial charge in [0.1, 0.15) is 5.75 Å². The number of aryl methyl sites for hydroxylation is 1. The van der Waals surface area contributed by atoms with Crippen molar-refractivity contribution in [3.63, 3.8) is 0 Å². The van der Waals surface area contributed by atoms with E-state index in [9.17, 15) is 18.0 Å². The molecule has 1 aliphatic rings.